The van der Waals surface area contributed by atoms with Crippen molar-refractivity contribution in [3.05, 3.63) is 0 Å². The van der Waals surface area contributed by atoms with Gasteiger partial charge in [-0.15, -0.1) is 0 Å². The molecule has 0 rings (SSSR count). The van der Waals surface area contributed by atoms with Crippen LogP contribution in [-0.2, 0) is 19.7 Å². The van der Waals surface area contributed by atoms with Crippen LogP contribution in [0.4, 0.5) is 4.79 Å². The largest absolute Gasteiger partial charge is 0.481 e. The zero-order valence-electron chi connectivity index (χ0n) is 10.3. The Hall–Kier alpha value is -1.35. The quantitative estimate of drug-likeness (QED) is 0.579. The van der Waals surface area contributed by atoms with E-state index >= 15 is 0 Å². The molecule has 0 aliphatic heterocycles. The first-order valence-electron chi connectivity index (χ1n) is 5.46. The van der Waals surface area contributed by atoms with E-state index in [0.29, 0.717) is 6.42 Å². The summed E-state index contributed by atoms with van der Waals surface area (Å²) in [7, 11) is -4.01. The summed E-state index contributed by atoms with van der Waals surface area (Å²) in [6, 6.07) is 0. The second-order valence-corrected chi connectivity index (χ2v) is 5.05. The fourth-order valence-corrected chi connectivity index (χ4v) is 1.95. The van der Waals surface area contributed by atoms with Gasteiger partial charge in [0.05, 0.1) is 6.61 Å². The van der Waals surface area contributed by atoms with Crippen molar-refractivity contribution in [2.24, 2.45) is 5.92 Å². The number of amides is 1. The van der Waals surface area contributed by atoms with E-state index < -0.39 is 22.3 Å². The van der Waals surface area contributed by atoms with Crippen molar-refractivity contribution in [1.29, 1.82) is 0 Å². The Balaban J connectivity index is 4.24. The molecule has 1 atom stereocenters. The minimum Gasteiger partial charge on any atom is -0.481 e. The van der Waals surface area contributed by atoms with E-state index in [9.17, 15) is 18.0 Å². The van der Waals surface area contributed by atoms with Gasteiger partial charge in [0.25, 0.3) is 0 Å². The molecule has 0 saturated heterocycles. The van der Waals surface area contributed by atoms with Crippen LogP contribution < -0.4 is 9.44 Å². The van der Waals surface area contributed by atoms with Gasteiger partial charge in [-0.25, -0.2) is 9.52 Å². The number of hydrogen-bond acceptors (Lipinski definition) is 5. The summed E-state index contributed by atoms with van der Waals surface area (Å²) in [5.41, 5.74) is 0. The first-order chi connectivity index (χ1) is 8.30. The van der Waals surface area contributed by atoms with Crippen molar-refractivity contribution in [2.45, 2.75) is 26.7 Å². The number of hydrogen-bond donors (Lipinski definition) is 3. The van der Waals surface area contributed by atoms with Crippen molar-refractivity contribution in [3.8, 4) is 0 Å². The summed E-state index contributed by atoms with van der Waals surface area (Å²) < 4.78 is 30.9. The van der Waals surface area contributed by atoms with Gasteiger partial charge in [-0.2, -0.15) is 13.1 Å². The van der Waals surface area contributed by atoms with Crippen LogP contribution in [0.3, 0.4) is 0 Å². The van der Waals surface area contributed by atoms with Crippen molar-refractivity contribution in [3.63, 3.8) is 0 Å². The van der Waals surface area contributed by atoms with Gasteiger partial charge >= 0.3 is 22.3 Å². The van der Waals surface area contributed by atoms with Crippen molar-refractivity contribution in [1.82, 2.24) is 9.44 Å². The lowest BCUT2D eigenvalue weighted by Crippen LogP contribution is -2.42. The highest BCUT2D eigenvalue weighted by molar-refractivity contribution is 7.88. The summed E-state index contributed by atoms with van der Waals surface area (Å²) >= 11 is 0. The number of carbonyl (C=O) groups excluding carboxylic acids is 1. The number of rotatable bonds is 8. The minimum absolute atomic E-state index is 0.0535. The molecule has 0 aliphatic rings. The van der Waals surface area contributed by atoms with Crippen LogP contribution >= 0.6 is 0 Å². The molecule has 0 aromatic heterocycles. The summed E-state index contributed by atoms with van der Waals surface area (Å²) in [4.78, 5) is 21.4. The summed E-state index contributed by atoms with van der Waals surface area (Å²) in [5.74, 6) is -1.33. The highest BCUT2D eigenvalue weighted by Crippen LogP contribution is 2.06. The SMILES string of the molecule is CCOC(=O)NS(=O)(=O)NCC(CC)CC(=O)O. The van der Waals surface area contributed by atoms with Crippen molar-refractivity contribution in [2.75, 3.05) is 13.2 Å². The predicted octanol–water partition coefficient (Wildman–Crippen LogP) is 0.0678. The fourth-order valence-electron chi connectivity index (χ4n) is 1.14. The number of carboxylic acids is 1. The summed E-state index contributed by atoms with van der Waals surface area (Å²) in [6.07, 6.45) is -0.705. The van der Waals surface area contributed by atoms with E-state index in [1.807, 2.05) is 0 Å². The molecule has 0 fully saturated rings. The van der Waals surface area contributed by atoms with Gasteiger partial charge in [0.1, 0.15) is 0 Å². The number of ether oxygens (including phenoxy) is 1. The molecule has 1 amide bonds. The third-order valence-electron chi connectivity index (χ3n) is 2.10. The molecule has 0 aliphatic carbocycles. The molecule has 9 heteroatoms. The number of aliphatic carboxylic acids is 1. The Morgan fingerprint density at radius 2 is 1.94 bits per heavy atom. The van der Waals surface area contributed by atoms with Gasteiger partial charge in [0, 0.05) is 13.0 Å². The second-order valence-electron chi connectivity index (χ2n) is 3.55. The molecule has 0 spiro atoms. The molecule has 0 saturated carbocycles. The topological polar surface area (TPSA) is 122 Å². The van der Waals surface area contributed by atoms with Crippen LogP contribution in [0.25, 0.3) is 0 Å². The lowest BCUT2D eigenvalue weighted by atomic mass is 10.0. The molecule has 18 heavy (non-hydrogen) atoms. The molecule has 0 bridgehead atoms. The smallest absolute Gasteiger partial charge is 0.421 e. The second kappa shape index (κ2) is 7.88. The van der Waals surface area contributed by atoms with E-state index in [4.69, 9.17) is 5.11 Å². The minimum atomic E-state index is -4.01. The zero-order valence-corrected chi connectivity index (χ0v) is 11.1. The standard InChI is InChI=1S/C9H18N2O6S/c1-3-7(5-8(12)13)6-10-18(15,16)11-9(14)17-4-2/h7,10H,3-6H2,1-2H3,(H,11,14)(H,12,13). The van der Waals surface area contributed by atoms with Gasteiger partial charge in [0.2, 0.25) is 0 Å². The van der Waals surface area contributed by atoms with E-state index in [-0.39, 0.29) is 25.5 Å². The third-order valence-corrected chi connectivity index (χ3v) is 3.08. The van der Waals surface area contributed by atoms with Crippen LogP contribution in [0.1, 0.15) is 26.7 Å². The first kappa shape index (κ1) is 16.6. The fraction of sp³-hybridized carbons (Fsp3) is 0.778. The lowest BCUT2D eigenvalue weighted by Gasteiger charge is -2.13. The molecule has 0 aromatic rings. The van der Waals surface area contributed by atoms with E-state index in [2.05, 4.69) is 9.46 Å². The van der Waals surface area contributed by atoms with E-state index in [0.717, 1.165) is 0 Å². The van der Waals surface area contributed by atoms with Gasteiger partial charge in [-0.3, -0.25) is 4.79 Å². The van der Waals surface area contributed by atoms with Crippen LogP contribution in [0.2, 0.25) is 0 Å². The Morgan fingerprint density at radius 3 is 2.39 bits per heavy atom. The first-order valence-corrected chi connectivity index (χ1v) is 6.95. The summed E-state index contributed by atoms with van der Waals surface area (Å²) in [6.45, 7) is 3.29. The van der Waals surface area contributed by atoms with Crippen molar-refractivity contribution >= 4 is 22.3 Å². The molecule has 3 N–H and O–H groups in total. The Morgan fingerprint density at radius 1 is 1.33 bits per heavy atom. The number of nitrogens with one attached hydrogen (secondary N) is 2. The Bertz CT molecular complexity index is 381. The maximum atomic E-state index is 11.4. The third kappa shape index (κ3) is 7.85. The normalized spacial score (nSPS) is 12.8. The highest BCUT2D eigenvalue weighted by Gasteiger charge is 2.18. The molecule has 0 radical (unpaired) electrons. The van der Waals surface area contributed by atoms with Gasteiger partial charge in [-0.05, 0) is 12.8 Å². The lowest BCUT2D eigenvalue weighted by molar-refractivity contribution is -0.138. The summed E-state index contributed by atoms with van der Waals surface area (Å²) in [5, 5.41) is 8.59. The molecular weight excluding hydrogens is 264 g/mol. The zero-order chi connectivity index (χ0) is 14.2. The molecule has 0 heterocycles. The van der Waals surface area contributed by atoms with Gasteiger partial charge < -0.3 is 9.84 Å². The number of carbonyl (C=O) groups is 2. The van der Waals surface area contributed by atoms with E-state index in [1.54, 1.807) is 18.6 Å². The predicted molar refractivity (Wildman–Crippen MR) is 63.1 cm³/mol. The maximum Gasteiger partial charge on any atom is 0.421 e. The van der Waals surface area contributed by atoms with Crippen LogP contribution in [0.15, 0.2) is 0 Å². The van der Waals surface area contributed by atoms with Crippen LogP contribution in [0.5, 0.6) is 0 Å². The van der Waals surface area contributed by atoms with Crippen LogP contribution in [-0.4, -0.2) is 38.7 Å². The van der Waals surface area contributed by atoms with Crippen molar-refractivity contribution < 1.29 is 27.9 Å². The van der Waals surface area contributed by atoms with Crippen LogP contribution in [0, 0.1) is 5.92 Å². The average Bonchev–Trinajstić information content (AvgIpc) is 2.23. The molecule has 0 aromatic carbocycles. The van der Waals surface area contributed by atoms with E-state index in [1.165, 1.54) is 0 Å². The monoisotopic (exact) mass is 282 g/mol. The molecular formula is C9H18N2O6S. The maximum absolute atomic E-state index is 11.4. The van der Waals surface area contributed by atoms with Gasteiger partial charge in [-0.1, -0.05) is 13.3 Å². The molecule has 8 nitrogen and oxygen atoms in total. The molecule has 106 valence electrons. The Labute approximate surface area is 106 Å². The number of carboxylic acid groups (broad SMARTS) is 1. The highest BCUT2D eigenvalue weighted by atomic mass is 32.2. The van der Waals surface area contributed by atoms with Gasteiger partial charge in [0.15, 0.2) is 0 Å². The Kier molecular flexibility index (Phi) is 7.29. The average molecular weight is 282 g/mol. The molecule has 1 unspecified atom stereocenters.